The van der Waals surface area contributed by atoms with Gasteiger partial charge < -0.3 is 10.1 Å². The number of ether oxygens (including phenoxy) is 1. The van der Waals surface area contributed by atoms with Gasteiger partial charge in [0.05, 0.1) is 12.1 Å². The van der Waals surface area contributed by atoms with Gasteiger partial charge in [-0.1, -0.05) is 17.7 Å². The number of fused-ring (bicyclic) bond motifs is 1. The van der Waals surface area contributed by atoms with E-state index in [0.717, 1.165) is 16.5 Å². The van der Waals surface area contributed by atoms with Crippen LogP contribution in [0.15, 0.2) is 30.5 Å². The van der Waals surface area contributed by atoms with E-state index in [1.165, 1.54) is 0 Å². The Hall–Kier alpha value is -1.81. The highest BCUT2D eigenvalue weighted by molar-refractivity contribution is 6.35. The molecule has 1 atom stereocenters. The van der Waals surface area contributed by atoms with Crippen molar-refractivity contribution in [3.63, 3.8) is 0 Å². The van der Waals surface area contributed by atoms with Crippen molar-refractivity contribution in [2.24, 2.45) is 0 Å². The summed E-state index contributed by atoms with van der Waals surface area (Å²) in [6, 6.07) is 7.38. The van der Waals surface area contributed by atoms with Gasteiger partial charge >= 0.3 is 6.09 Å². The van der Waals surface area contributed by atoms with Gasteiger partial charge in [-0.2, -0.15) is 0 Å². The number of cyclic esters (lactones) is 1. The summed E-state index contributed by atoms with van der Waals surface area (Å²) in [6.07, 6.45) is 1.01. The number of carbonyl (C=O) groups is 1. The number of halogens is 1. The van der Waals surface area contributed by atoms with Crippen molar-refractivity contribution in [1.29, 1.82) is 0 Å². The van der Waals surface area contributed by atoms with Gasteiger partial charge in [0.25, 0.3) is 0 Å². The average Bonchev–Trinajstić information content (AvgIpc) is 2.77. The molecule has 1 amide bonds. The quantitative estimate of drug-likeness (QED) is 0.844. The van der Waals surface area contributed by atoms with Crippen molar-refractivity contribution in [3.05, 3.63) is 41.0 Å². The van der Waals surface area contributed by atoms with E-state index in [4.69, 9.17) is 16.3 Å². The Morgan fingerprint density at radius 1 is 1.41 bits per heavy atom. The fourth-order valence-corrected chi connectivity index (χ4v) is 2.20. The van der Waals surface area contributed by atoms with Crippen LogP contribution in [0.25, 0.3) is 10.9 Å². The van der Waals surface area contributed by atoms with Gasteiger partial charge in [-0.25, -0.2) is 4.79 Å². The van der Waals surface area contributed by atoms with Crippen molar-refractivity contribution in [1.82, 2.24) is 10.3 Å². The van der Waals surface area contributed by atoms with Crippen LogP contribution in [0.2, 0.25) is 5.02 Å². The van der Waals surface area contributed by atoms with Gasteiger partial charge in [0.15, 0.2) is 0 Å². The lowest BCUT2D eigenvalue weighted by Gasteiger charge is -2.11. The summed E-state index contributed by atoms with van der Waals surface area (Å²) in [4.78, 5) is 15.4. The number of pyridine rings is 1. The molecule has 1 fully saturated rings. The summed E-state index contributed by atoms with van der Waals surface area (Å²) in [7, 11) is 0. The molecular formula is C12H9ClN2O2. The minimum Gasteiger partial charge on any atom is -0.439 e. The zero-order valence-corrected chi connectivity index (χ0v) is 9.57. The number of amides is 1. The third-order valence-electron chi connectivity index (χ3n) is 2.78. The number of aromatic nitrogens is 1. The van der Waals surface area contributed by atoms with Crippen molar-refractivity contribution in [2.75, 3.05) is 6.54 Å². The van der Waals surface area contributed by atoms with E-state index in [0.29, 0.717) is 11.6 Å². The molecule has 1 aromatic carbocycles. The van der Waals surface area contributed by atoms with E-state index >= 15 is 0 Å². The second kappa shape index (κ2) is 3.89. The number of benzene rings is 1. The lowest BCUT2D eigenvalue weighted by Crippen LogP contribution is -2.12. The summed E-state index contributed by atoms with van der Waals surface area (Å²) < 4.78 is 5.16. The van der Waals surface area contributed by atoms with E-state index in [9.17, 15) is 4.79 Å². The Labute approximate surface area is 103 Å². The van der Waals surface area contributed by atoms with Gasteiger partial charge in [0.1, 0.15) is 6.10 Å². The van der Waals surface area contributed by atoms with Crippen LogP contribution in [0.1, 0.15) is 11.7 Å². The Bertz CT molecular complexity index is 600. The molecule has 1 aliphatic heterocycles. The molecule has 0 saturated carbocycles. The molecule has 1 N–H and O–H groups in total. The van der Waals surface area contributed by atoms with Crippen LogP contribution in [0.4, 0.5) is 4.79 Å². The van der Waals surface area contributed by atoms with Crippen molar-refractivity contribution in [2.45, 2.75) is 6.10 Å². The Morgan fingerprint density at radius 2 is 2.29 bits per heavy atom. The highest BCUT2D eigenvalue weighted by Gasteiger charge is 2.26. The molecule has 1 aliphatic rings. The standard InChI is InChI=1S/C12H9ClN2O2/c13-9-4-3-8(10-6-15-12(16)17-10)11-7(9)2-1-5-14-11/h1-5,10H,6H2,(H,15,16). The molecule has 2 heterocycles. The highest BCUT2D eigenvalue weighted by Crippen LogP contribution is 2.31. The Morgan fingerprint density at radius 3 is 3.06 bits per heavy atom. The maximum Gasteiger partial charge on any atom is 0.407 e. The second-order valence-electron chi connectivity index (χ2n) is 3.81. The number of nitrogens with zero attached hydrogens (tertiary/aromatic N) is 1. The van der Waals surface area contributed by atoms with Gasteiger partial charge in [-0.05, 0) is 18.2 Å². The van der Waals surface area contributed by atoms with E-state index in [1.54, 1.807) is 12.3 Å². The third kappa shape index (κ3) is 1.70. The molecule has 4 nitrogen and oxygen atoms in total. The number of hydrogen-bond acceptors (Lipinski definition) is 3. The molecule has 3 rings (SSSR count). The molecule has 1 saturated heterocycles. The van der Waals surface area contributed by atoms with E-state index in [1.807, 2.05) is 18.2 Å². The zero-order chi connectivity index (χ0) is 11.8. The van der Waals surface area contributed by atoms with E-state index in [2.05, 4.69) is 10.3 Å². The third-order valence-corrected chi connectivity index (χ3v) is 3.11. The predicted octanol–water partition coefficient (Wildman–Crippen LogP) is 2.67. The highest BCUT2D eigenvalue weighted by atomic mass is 35.5. The first-order valence-corrected chi connectivity index (χ1v) is 5.61. The Balaban J connectivity index is 2.17. The number of rotatable bonds is 1. The van der Waals surface area contributed by atoms with Crippen molar-refractivity contribution in [3.8, 4) is 0 Å². The molecule has 0 radical (unpaired) electrons. The van der Waals surface area contributed by atoms with Gasteiger partial charge in [0.2, 0.25) is 0 Å². The lowest BCUT2D eigenvalue weighted by molar-refractivity contribution is 0.141. The Kier molecular flexibility index (Phi) is 2.37. The van der Waals surface area contributed by atoms with Gasteiger partial charge in [-0.15, -0.1) is 0 Å². The topological polar surface area (TPSA) is 51.2 Å². The van der Waals surface area contributed by atoms with Crippen LogP contribution in [0.5, 0.6) is 0 Å². The van der Waals surface area contributed by atoms with E-state index < -0.39 is 6.09 Å². The molecule has 1 aromatic heterocycles. The molecule has 0 spiro atoms. The maximum absolute atomic E-state index is 11.1. The molecular weight excluding hydrogens is 240 g/mol. The smallest absolute Gasteiger partial charge is 0.407 e. The number of hydrogen-bond donors (Lipinski definition) is 1. The summed E-state index contributed by atoms with van der Waals surface area (Å²) in [5.74, 6) is 0. The van der Waals surface area contributed by atoms with Crippen LogP contribution in [0.3, 0.4) is 0 Å². The fraction of sp³-hybridized carbons (Fsp3) is 0.167. The number of carbonyl (C=O) groups excluding carboxylic acids is 1. The molecule has 2 aromatic rings. The largest absolute Gasteiger partial charge is 0.439 e. The fourth-order valence-electron chi connectivity index (χ4n) is 1.98. The first kappa shape index (κ1) is 10.4. The summed E-state index contributed by atoms with van der Waals surface area (Å²) in [5.41, 5.74) is 1.66. The predicted molar refractivity (Wildman–Crippen MR) is 64.0 cm³/mol. The molecule has 1 unspecified atom stereocenters. The van der Waals surface area contributed by atoms with Gasteiger partial charge in [0, 0.05) is 22.2 Å². The van der Waals surface area contributed by atoms with Crippen LogP contribution in [-0.4, -0.2) is 17.6 Å². The second-order valence-corrected chi connectivity index (χ2v) is 4.22. The lowest BCUT2D eigenvalue weighted by atomic mass is 10.1. The van der Waals surface area contributed by atoms with Crippen LogP contribution < -0.4 is 5.32 Å². The van der Waals surface area contributed by atoms with E-state index in [-0.39, 0.29) is 6.10 Å². The summed E-state index contributed by atoms with van der Waals surface area (Å²) >= 11 is 6.10. The van der Waals surface area contributed by atoms with Crippen LogP contribution >= 0.6 is 11.6 Å². The maximum atomic E-state index is 11.1. The van der Waals surface area contributed by atoms with Crippen molar-refractivity contribution < 1.29 is 9.53 Å². The molecule has 17 heavy (non-hydrogen) atoms. The molecule has 0 aliphatic carbocycles. The van der Waals surface area contributed by atoms with Crippen LogP contribution in [-0.2, 0) is 4.74 Å². The zero-order valence-electron chi connectivity index (χ0n) is 8.81. The molecule has 5 heteroatoms. The first-order chi connectivity index (χ1) is 8.25. The van der Waals surface area contributed by atoms with Crippen molar-refractivity contribution >= 4 is 28.6 Å². The number of nitrogens with one attached hydrogen (secondary N) is 1. The monoisotopic (exact) mass is 248 g/mol. The SMILES string of the molecule is O=C1NCC(c2ccc(Cl)c3cccnc23)O1. The molecule has 86 valence electrons. The normalized spacial score (nSPS) is 19.1. The van der Waals surface area contributed by atoms with Crippen LogP contribution in [0, 0.1) is 0 Å². The summed E-state index contributed by atoms with van der Waals surface area (Å²) in [6.45, 7) is 0.464. The minimum absolute atomic E-state index is 0.294. The first-order valence-electron chi connectivity index (χ1n) is 5.23. The number of alkyl carbamates (subject to hydrolysis) is 1. The average molecular weight is 249 g/mol. The van der Waals surface area contributed by atoms with Gasteiger partial charge in [-0.3, -0.25) is 4.98 Å². The minimum atomic E-state index is -0.394. The summed E-state index contributed by atoms with van der Waals surface area (Å²) in [5, 5.41) is 4.14. The molecule has 0 bridgehead atoms.